The zero-order valence-corrected chi connectivity index (χ0v) is 15.1. The number of thiophene rings is 1. The summed E-state index contributed by atoms with van der Waals surface area (Å²) in [6, 6.07) is 11.9. The number of fused-ring (bicyclic) bond motifs is 1. The molecule has 4 nitrogen and oxygen atoms in total. The van der Waals surface area contributed by atoms with Crippen LogP contribution in [-0.4, -0.2) is 9.13 Å². The molecule has 0 bridgehead atoms. The van der Waals surface area contributed by atoms with Crippen molar-refractivity contribution in [3.8, 4) is 5.69 Å². The van der Waals surface area contributed by atoms with E-state index in [4.69, 9.17) is 0 Å². The second kappa shape index (κ2) is 6.59. The summed E-state index contributed by atoms with van der Waals surface area (Å²) in [6.07, 6.45) is 0. The largest absolute Gasteiger partial charge is 0.336 e. The summed E-state index contributed by atoms with van der Waals surface area (Å²) < 4.78 is 30.0. The van der Waals surface area contributed by atoms with Gasteiger partial charge in [0.1, 0.15) is 16.3 Å². The van der Waals surface area contributed by atoms with Crippen molar-refractivity contribution in [1.82, 2.24) is 9.13 Å². The fourth-order valence-corrected chi connectivity index (χ4v) is 3.98. The van der Waals surface area contributed by atoms with Gasteiger partial charge in [0, 0.05) is 6.07 Å². The van der Waals surface area contributed by atoms with Gasteiger partial charge in [-0.2, -0.15) is 0 Å². The van der Waals surface area contributed by atoms with Crippen molar-refractivity contribution in [3.05, 3.63) is 97.5 Å². The van der Waals surface area contributed by atoms with Gasteiger partial charge in [0.05, 0.1) is 17.7 Å². The molecule has 0 saturated heterocycles. The molecule has 0 spiro atoms. The van der Waals surface area contributed by atoms with Crippen LogP contribution < -0.4 is 11.2 Å². The van der Waals surface area contributed by atoms with Crippen molar-refractivity contribution in [1.29, 1.82) is 0 Å². The SMILES string of the molecule is Cc1ccccc1-n1c(=O)c2sccc2n(Cc2cc(F)cc(F)c2)c1=O. The number of halogens is 2. The van der Waals surface area contributed by atoms with Gasteiger partial charge in [0.15, 0.2) is 0 Å². The summed E-state index contributed by atoms with van der Waals surface area (Å²) in [7, 11) is 0. The van der Waals surface area contributed by atoms with E-state index in [2.05, 4.69) is 0 Å². The second-order valence-corrected chi connectivity index (χ2v) is 7.12. The maximum atomic E-state index is 13.6. The van der Waals surface area contributed by atoms with Gasteiger partial charge < -0.3 is 0 Å². The van der Waals surface area contributed by atoms with Crippen LogP contribution in [-0.2, 0) is 6.54 Å². The number of nitrogens with zero attached hydrogens (tertiary/aromatic N) is 2. The molecule has 0 aliphatic rings. The van der Waals surface area contributed by atoms with Gasteiger partial charge in [-0.1, -0.05) is 18.2 Å². The number of rotatable bonds is 3. The van der Waals surface area contributed by atoms with Crippen LogP contribution in [0.5, 0.6) is 0 Å². The van der Waals surface area contributed by atoms with Crippen LogP contribution in [0.1, 0.15) is 11.1 Å². The van der Waals surface area contributed by atoms with Gasteiger partial charge in [-0.25, -0.2) is 18.1 Å². The standard InChI is InChI=1S/C20H14F2N2O2S/c1-12-4-2-3-5-16(12)24-19(25)18-17(6-7-27-18)23(20(24)26)11-13-8-14(21)10-15(22)9-13/h2-10H,11H2,1H3. The van der Waals surface area contributed by atoms with Crippen molar-refractivity contribution in [2.24, 2.45) is 0 Å². The number of hydrogen-bond acceptors (Lipinski definition) is 3. The predicted octanol–water partition coefficient (Wildman–Crippen LogP) is 3.85. The van der Waals surface area contributed by atoms with Crippen molar-refractivity contribution >= 4 is 21.6 Å². The molecule has 2 aromatic carbocycles. The molecule has 0 radical (unpaired) electrons. The third kappa shape index (κ3) is 3.00. The highest BCUT2D eigenvalue weighted by Crippen LogP contribution is 2.19. The van der Waals surface area contributed by atoms with Crippen LogP contribution >= 0.6 is 11.3 Å². The van der Waals surface area contributed by atoms with E-state index in [-0.39, 0.29) is 6.54 Å². The van der Waals surface area contributed by atoms with Gasteiger partial charge in [0.25, 0.3) is 5.56 Å². The van der Waals surface area contributed by atoms with Crippen molar-refractivity contribution in [2.75, 3.05) is 0 Å². The normalized spacial score (nSPS) is 11.2. The molecule has 0 atom stereocenters. The minimum atomic E-state index is -0.716. The lowest BCUT2D eigenvalue weighted by Gasteiger charge is -2.14. The van der Waals surface area contributed by atoms with Gasteiger partial charge >= 0.3 is 5.69 Å². The molecule has 0 amide bonds. The van der Waals surface area contributed by atoms with Crippen molar-refractivity contribution in [3.63, 3.8) is 0 Å². The summed E-state index contributed by atoms with van der Waals surface area (Å²) in [5, 5.41) is 1.72. The van der Waals surface area contributed by atoms with Crippen molar-refractivity contribution < 1.29 is 8.78 Å². The Hall–Kier alpha value is -3.06. The van der Waals surface area contributed by atoms with E-state index in [0.29, 0.717) is 21.5 Å². The molecule has 0 N–H and O–H groups in total. The summed E-state index contributed by atoms with van der Waals surface area (Å²) in [5.74, 6) is -1.43. The second-order valence-electron chi connectivity index (χ2n) is 6.21. The lowest BCUT2D eigenvalue weighted by molar-refractivity contribution is 0.576. The Morgan fingerprint density at radius 3 is 2.41 bits per heavy atom. The molecule has 27 heavy (non-hydrogen) atoms. The Balaban J connectivity index is 2.01. The first-order valence-electron chi connectivity index (χ1n) is 8.20. The first kappa shape index (κ1) is 17.4. The maximum Gasteiger partial charge on any atom is 0.336 e. The third-order valence-corrected chi connectivity index (χ3v) is 5.27. The Labute approximate surface area is 156 Å². The zero-order chi connectivity index (χ0) is 19.1. The van der Waals surface area contributed by atoms with Crippen LogP contribution in [0.2, 0.25) is 0 Å². The topological polar surface area (TPSA) is 44.0 Å². The number of aromatic nitrogens is 2. The number of aryl methyl sites for hydroxylation is 1. The van der Waals surface area contributed by atoms with Gasteiger partial charge in [-0.3, -0.25) is 9.36 Å². The molecule has 0 saturated carbocycles. The smallest absolute Gasteiger partial charge is 0.288 e. The fraction of sp³-hybridized carbons (Fsp3) is 0.100. The Morgan fingerprint density at radius 2 is 1.70 bits per heavy atom. The van der Waals surface area contributed by atoms with Crippen LogP contribution in [0.15, 0.2) is 63.5 Å². The molecule has 0 fully saturated rings. The van der Waals surface area contributed by atoms with E-state index < -0.39 is 22.9 Å². The third-order valence-electron chi connectivity index (χ3n) is 4.37. The number of benzene rings is 2. The lowest BCUT2D eigenvalue weighted by atomic mass is 10.2. The van der Waals surface area contributed by atoms with E-state index in [9.17, 15) is 18.4 Å². The Kier molecular flexibility index (Phi) is 4.24. The predicted molar refractivity (Wildman–Crippen MR) is 102 cm³/mol. The minimum absolute atomic E-state index is 0.0487. The molecule has 4 rings (SSSR count). The van der Waals surface area contributed by atoms with E-state index in [0.717, 1.165) is 16.2 Å². The first-order chi connectivity index (χ1) is 13.0. The molecule has 2 heterocycles. The molecular formula is C20H14F2N2O2S. The number of hydrogen-bond donors (Lipinski definition) is 0. The summed E-state index contributed by atoms with van der Waals surface area (Å²) >= 11 is 1.23. The average Bonchev–Trinajstić information content (AvgIpc) is 3.09. The number of para-hydroxylation sites is 1. The highest BCUT2D eigenvalue weighted by molar-refractivity contribution is 7.17. The molecule has 0 aliphatic carbocycles. The molecule has 136 valence electrons. The summed E-state index contributed by atoms with van der Waals surface area (Å²) in [6.45, 7) is 1.76. The highest BCUT2D eigenvalue weighted by Gasteiger charge is 2.17. The molecule has 7 heteroatoms. The average molecular weight is 384 g/mol. The molecule has 0 unspecified atom stereocenters. The maximum absolute atomic E-state index is 13.6. The van der Waals surface area contributed by atoms with Gasteiger partial charge in [-0.15, -0.1) is 11.3 Å². The van der Waals surface area contributed by atoms with E-state index in [1.807, 2.05) is 19.1 Å². The quantitative estimate of drug-likeness (QED) is 0.539. The Morgan fingerprint density at radius 1 is 1.00 bits per heavy atom. The summed E-state index contributed by atoms with van der Waals surface area (Å²) in [4.78, 5) is 26.1. The Bertz CT molecular complexity index is 1270. The molecular weight excluding hydrogens is 370 g/mol. The van der Waals surface area contributed by atoms with Crippen LogP contribution in [0.3, 0.4) is 0 Å². The van der Waals surface area contributed by atoms with Crippen molar-refractivity contribution in [2.45, 2.75) is 13.5 Å². The fourth-order valence-electron chi connectivity index (χ4n) is 3.15. The van der Waals surface area contributed by atoms with E-state index in [1.165, 1.54) is 28.0 Å². The molecule has 4 aromatic rings. The van der Waals surface area contributed by atoms with E-state index >= 15 is 0 Å². The van der Waals surface area contributed by atoms with Gasteiger partial charge in [0.2, 0.25) is 0 Å². The molecule has 2 aromatic heterocycles. The first-order valence-corrected chi connectivity index (χ1v) is 9.07. The minimum Gasteiger partial charge on any atom is -0.288 e. The highest BCUT2D eigenvalue weighted by atomic mass is 32.1. The van der Waals surface area contributed by atoms with Gasteiger partial charge in [-0.05, 0) is 47.7 Å². The zero-order valence-electron chi connectivity index (χ0n) is 14.3. The van der Waals surface area contributed by atoms with Crippen LogP contribution in [0.4, 0.5) is 8.78 Å². The van der Waals surface area contributed by atoms with E-state index in [1.54, 1.807) is 23.6 Å². The summed E-state index contributed by atoms with van der Waals surface area (Å²) in [5.41, 5.74) is 1.06. The molecule has 0 aliphatic heterocycles. The lowest BCUT2D eigenvalue weighted by Crippen LogP contribution is -2.39. The van der Waals surface area contributed by atoms with Crippen LogP contribution in [0.25, 0.3) is 15.9 Å². The monoisotopic (exact) mass is 384 g/mol. The van der Waals surface area contributed by atoms with Crippen LogP contribution in [0, 0.1) is 18.6 Å².